The molecule has 18 heteroatoms. The third-order valence-electron chi connectivity index (χ3n) is 13.9. The number of ketones is 1. The number of fused-ring (bicyclic) bond motifs is 1. The number of hydrogen-bond donors (Lipinski definition) is 4. The van der Waals surface area contributed by atoms with Gasteiger partial charge in [0.05, 0.1) is 61.3 Å². The van der Waals surface area contributed by atoms with Crippen LogP contribution in [0.3, 0.4) is 0 Å². The largest absolute Gasteiger partial charge is 0.462 e. The van der Waals surface area contributed by atoms with Crippen LogP contribution in [0.2, 0.25) is 0 Å². The van der Waals surface area contributed by atoms with Gasteiger partial charge in [-0.3, -0.25) is 19.3 Å². The molecule has 0 bridgehead atoms. The number of methoxy groups -OCH3 is 2. The highest BCUT2D eigenvalue weighted by molar-refractivity contribution is 5.91. The molecule has 2 aromatic heterocycles. The molecule has 68 heavy (non-hydrogen) atoms. The van der Waals surface area contributed by atoms with Crippen LogP contribution in [0.15, 0.2) is 66.5 Å². The first-order valence-electron chi connectivity index (χ1n) is 23.8. The predicted molar refractivity (Wildman–Crippen MR) is 251 cm³/mol. The van der Waals surface area contributed by atoms with Crippen LogP contribution in [0.1, 0.15) is 67.2 Å². The highest BCUT2D eigenvalue weighted by Gasteiger charge is 2.48. The molecular weight excluding hydrogens is 879 g/mol. The van der Waals surface area contributed by atoms with Crippen LogP contribution >= 0.6 is 0 Å². The van der Waals surface area contributed by atoms with Gasteiger partial charge in [0.25, 0.3) is 0 Å². The fraction of sp³-hybridized carbons (Fsp3) is 0.660. The van der Waals surface area contributed by atoms with Gasteiger partial charge in [0, 0.05) is 55.7 Å². The van der Waals surface area contributed by atoms with Gasteiger partial charge < -0.3 is 58.5 Å². The van der Waals surface area contributed by atoms with Crippen molar-refractivity contribution in [2.45, 2.75) is 153 Å². The van der Waals surface area contributed by atoms with Crippen molar-refractivity contribution < 1.29 is 63.2 Å². The molecule has 18 nitrogen and oxygen atoms in total. The van der Waals surface area contributed by atoms with Crippen LogP contribution in [0.5, 0.6) is 0 Å². The summed E-state index contributed by atoms with van der Waals surface area (Å²) in [6.07, 6.45) is -1.77. The van der Waals surface area contributed by atoms with E-state index in [0.717, 1.165) is 22.0 Å². The van der Waals surface area contributed by atoms with E-state index < -0.39 is 116 Å². The number of rotatable bonds is 13. The summed E-state index contributed by atoms with van der Waals surface area (Å²) in [5.41, 5.74) is 3.01. The molecule has 4 unspecified atom stereocenters. The first-order chi connectivity index (χ1) is 32.4. The first kappa shape index (κ1) is 53.3. The van der Waals surface area contributed by atoms with E-state index in [0.29, 0.717) is 31.5 Å². The molecule has 376 valence electrons. The quantitative estimate of drug-likeness (QED) is 0.178. The van der Waals surface area contributed by atoms with Crippen LogP contribution in [0, 0.1) is 23.7 Å². The molecule has 6 rings (SSSR count). The fourth-order valence-corrected chi connectivity index (χ4v) is 9.74. The topological polar surface area (TPSA) is 227 Å². The minimum Gasteiger partial charge on any atom is -0.462 e. The number of pyridine rings is 1. The number of benzene rings is 1. The van der Waals surface area contributed by atoms with Crippen LogP contribution < -0.4 is 0 Å². The Morgan fingerprint density at radius 2 is 1.60 bits per heavy atom. The van der Waals surface area contributed by atoms with Gasteiger partial charge in [0.15, 0.2) is 18.4 Å². The molecule has 0 spiro atoms. The summed E-state index contributed by atoms with van der Waals surface area (Å²) in [5, 5.41) is 55.4. The Hall–Kier alpha value is -4.05. The molecule has 1 aromatic carbocycles. The molecule has 0 radical (unpaired) electrons. The molecule has 3 aliphatic rings. The average molecular weight is 952 g/mol. The number of hydrogen-bond acceptors (Lipinski definition) is 17. The molecule has 3 aromatic rings. The van der Waals surface area contributed by atoms with Gasteiger partial charge >= 0.3 is 5.97 Å². The Labute approximate surface area is 399 Å². The van der Waals surface area contributed by atoms with Gasteiger partial charge in [0.2, 0.25) is 0 Å². The zero-order valence-electron chi connectivity index (χ0n) is 41.0. The number of aryl methyl sites for hydroxylation is 1. The molecule has 2 fully saturated rings. The summed E-state index contributed by atoms with van der Waals surface area (Å²) in [7, 11) is 6.46. The highest BCUT2D eigenvalue weighted by Crippen LogP contribution is 2.36. The van der Waals surface area contributed by atoms with Crippen molar-refractivity contribution >= 4 is 22.7 Å². The number of para-hydroxylation sites is 1. The van der Waals surface area contributed by atoms with Gasteiger partial charge in [0.1, 0.15) is 36.2 Å². The lowest BCUT2D eigenvalue weighted by atomic mass is 9.79. The summed E-state index contributed by atoms with van der Waals surface area (Å²) in [6.45, 7) is 11.1. The van der Waals surface area contributed by atoms with E-state index in [1.807, 2.05) is 63.4 Å². The number of likely N-dealkylation sites (N-methyl/N-ethyl adjacent to an activating group) is 1. The standard InChI is InChI=1S/C50H73N5O13/c1-11-40-35(26-64-50-48(63-10)47(62-9)44(60)31(6)66-50)20-27(2)16-17-38(56)28(3)21-33(18-19-55-25-37(52-53-55)34-22-32-14-12-13-15-36(32)51-24-34)46(29(4)39(57)23-41(58)67-40)68-49-45(61)42(54(7)8)43(59)30(5)65-49/h12-17,20,22,24-25,28-31,33,35,39-40,42-50,57,59-61H,11,18-19,21,23,26H2,1-10H3/b17-16+,27-20+/t28-,29+,30-,31?,33+,35-,39-,40-,42?,43-,44-,45?,46-,47+,48?,49+,50-/m1/s1. The molecule has 4 N–H and O–H groups in total. The maximum atomic E-state index is 14.1. The van der Waals surface area contributed by atoms with Crippen molar-refractivity contribution in [3.8, 4) is 11.3 Å². The number of allylic oxidation sites excluding steroid dienone is 3. The Morgan fingerprint density at radius 3 is 2.31 bits per heavy atom. The fourth-order valence-electron chi connectivity index (χ4n) is 9.74. The maximum absolute atomic E-state index is 14.1. The predicted octanol–water partition coefficient (Wildman–Crippen LogP) is 3.87. The zero-order chi connectivity index (χ0) is 49.4. The number of esters is 1. The summed E-state index contributed by atoms with van der Waals surface area (Å²) in [4.78, 5) is 34.4. The Morgan fingerprint density at radius 1 is 0.897 bits per heavy atom. The maximum Gasteiger partial charge on any atom is 0.308 e. The lowest BCUT2D eigenvalue weighted by molar-refractivity contribution is -0.304. The molecule has 0 amide bonds. The zero-order valence-corrected chi connectivity index (χ0v) is 41.0. The number of aliphatic hydroxyl groups excluding tert-OH is 4. The first-order valence-corrected chi connectivity index (χ1v) is 23.8. The van der Waals surface area contributed by atoms with E-state index in [9.17, 15) is 30.0 Å². The van der Waals surface area contributed by atoms with Crippen molar-refractivity contribution in [1.82, 2.24) is 24.9 Å². The van der Waals surface area contributed by atoms with E-state index in [2.05, 4.69) is 15.3 Å². The summed E-state index contributed by atoms with van der Waals surface area (Å²) in [6, 6.07) is 9.07. The highest BCUT2D eigenvalue weighted by atomic mass is 16.7. The average Bonchev–Trinajstić information content (AvgIpc) is 3.80. The van der Waals surface area contributed by atoms with Crippen LogP contribution in [-0.2, 0) is 49.3 Å². The third-order valence-corrected chi connectivity index (χ3v) is 13.9. The monoisotopic (exact) mass is 952 g/mol. The second-order valence-electron chi connectivity index (χ2n) is 19.0. The second kappa shape index (κ2) is 24.2. The normalized spacial score (nSPS) is 37.2. The van der Waals surface area contributed by atoms with Gasteiger partial charge in [-0.25, -0.2) is 0 Å². The van der Waals surface area contributed by atoms with E-state index in [-0.39, 0.29) is 12.4 Å². The third kappa shape index (κ3) is 12.8. The Balaban J connectivity index is 1.31. The molecule has 0 aliphatic carbocycles. The lowest BCUT2D eigenvalue weighted by Crippen LogP contribution is -2.63. The number of ether oxygens (including phenoxy) is 7. The number of aromatic nitrogens is 4. The summed E-state index contributed by atoms with van der Waals surface area (Å²) >= 11 is 0. The van der Waals surface area contributed by atoms with E-state index in [1.54, 1.807) is 56.7 Å². The van der Waals surface area contributed by atoms with E-state index in [1.165, 1.54) is 20.3 Å². The molecule has 0 saturated carbocycles. The van der Waals surface area contributed by atoms with Crippen molar-refractivity contribution in [2.75, 3.05) is 34.9 Å². The van der Waals surface area contributed by atoms with Gasteiger partial charge in [-0.2, -0.15) is 0 Å². The van der Waals surface area contributed by atoms with Crippen LogP contribution in [0.25, 0.3) is 22.2 Å². The molecular formula is C50H73N5O13. The van der Waals surface area contributed by atoms with E-state index in [4.69, 9.17) is 33.2 Å². The summed E-state index contributed by atoms with van der Waals surface area (Å²) in [5.74, 6) is -3.10. The number of cyclic esters (lactones) is 1. The van der Waals surface area contributed by atoms with Gasteiger partial charge in [-0.05, 0) is 78.3 Å². The van der Waals surface area contributed by atoms with Crippen molar-refractivity contribution in [1.29, 1.82) is 0 Å². The SMILES string of the molecule is CC[C@H]1OC(=O)C[C@@H](O)[C@H](C)[C@@H](O[C@@H]2O[C@H](C)[C@@H](O)C(N(C)C)C2O)[C@@H](CCn2cc(-c3cnc4ccccc4c3)nn2)C[C@@H](C)C(=O)/C=C/C(C)=C/[C@@H]1CO[C@@H]1OC(C)[C@@H](O)[C@H](OC)C1OC. The number of carbonyl (C=O) groups is 2. The van der Waals surface area contributed by atoms with Crippen molar-refractivity contribution in [3.05, 3.63) is 66.5 Å². The minimum absolute atomic E-state index is 0.0127. The van der Waals surface area contributed by atoms with Crippen molar-refractivity contribution in [3.63, 3.8) is 0 Å². The number of carbonyl (C=O) groups excluding carboxylic acids is 2. The molecule has 3 aliphatic heterocycles. The number of nitrogens with zero attached hydrogens (tertiary/aromatic N) is 5. The van der Waals surface area contributed by atoms with Crippen LogP contribution in [-0.4, -0.2) is 172 Å². The Kier molecular flexibility index (Phi) is 19.0. The second-order valence-corrected chi connectivity index (χ2v) is 19.0. The number of aliphatic hydroxyl groups is 4. The minimum atomic E-state index is -1.30. The lowest BCUT2D eigenvalue weighted by Gasteiger charge is -2.46. The van der Waals surface area contributed by atoms with Crippen molar-refractivity contribution in [2.24, 2.45) is 23.7 Å². The molecule has 17 atom stereocenters. The Bertz CT molecular complexity index is 2170. The smallest absolute Gasteiger partial charge is 0.308 e. The molecule has 5 heterocycles. The summed E-state index contributed by atoms with van der Waals surface area (Å²) < 4.78 is 44.4. The van der Waals surface area contributed by atoms with E-state index >= 15 is 0 Å². The van der Waals surface area contributed by atoms with Crippen LogP contribution in [0.4, 0.5) is 0 Å². The molecule has 2 saturated heterocycles. The van der Waals surface area contributed by atoms with Gasteiger partial charge in [-0.15, -0.1) is 5.10 Å². The van der Waals surface area contributed by atoms with Gasteiger partial charge in [-0.1, -0.05) is 61.9 Å².